The maximum absolute atomic E-state index is 11.9. The van der Waals surface area contributed by atoms with Gasteiger partial charge in [-0.1, -0.05) is 12.1 Å². The van der Waals surface area contributed by atoms with Gasteiger partial charge < -0.3 is 10.4 Å². The Morgan fingerprint density at radius 1 is 1.30 bits per heavy atom. The summed E-state index contributed by atoms with van der Waals surface area (Å²) in [5.74, 6) is -1.11. The number of aryl methyl sites for hydroxylation is 2. The maximum atomic E-state index is 11.9. The molecule has 0 spiro atoms. The molecule has 2 rings (SSSR count). The molecule has 20 heavy (non-hydrogen) atoms. The van der Waals surface area contributed by atoms with Gasteiger partial charge in [0.2, 0.25) is 0 Å². The topological polar surface area (TPSA) is 95.1 Å². The molecule has 1 heterocycles. The Bertz CT molecular complexity index is 617. The van der Waals surface area contributed by atoms with E-state index in [1.54, 1.807) is 30.3 Å². The maximum Gasteiger partial charge on any atom is 0.303 e. The Hall–Kier alpha value is -2.63. The first kappa shape index (κ1) is 13.8. The SMILES string of the molecule is Cc1cc(C(=O)Nc2ccc(CCC(=O)O)cc2)n[nH]1. The van der Waals surface area contributed by atoms with E-state index in [2.05, 4.69) is 15.5 Å². The lowest BCUT2D eigenvalue weighted by Gasteiger charge is -2.04. The zero-order valence-electron chi connectivity index (χ0n) is 11.0. The zero-order valence-corrected chi connectivity index (χ0v) is 11.0. The lowest BCUT2D eigenvalue weighted by Crippen LogP contribution is -2.12. The van der Waals surface area contributed by atoms with Crippen LogP contribution in [0.1, 0.15) is 28.2 Å². The minimum atomic E-state index is -0.823. The number of rotatable bonds is 5. The molecule has 1 aromatic carbocycles. The van der Waals surface area contributed by atoms with Gasteiger partial charge in [0.25, 0.3) is 5.91 Å². The number of amides is 1. The fourth-order valence-electron chi connectivity index (χ4n) is 1.74. The predicted octanol–water partition coefficient (Wildman–Crippen LogP) is 1.99. The Morgan fingerprint density at radius 2 is 2.00 bits per heavy atom. The third-order valence-electron chi connectivity index (χ3n) is 2.78. The molecule has 0 aliphatic rings. The molecule has 0 saturated carbocycles. The summed E-state index contributed by atoms with van der Waals surface area (Å²) in [5, 5.41) is 17.9. The number of aromatic amines is 1. The molecule has 1 aromatic heterocycles. The molecule has 0 fully saturated rings. The van der Waals surface area contributed by atoms with Gasteiger partial charge in [-0.15, -0.1) is 0 Å². The highest BCUT2D eigenvalue weighted by molar-refractivity contribution is 6.02. The van der Waals surface area contributed by atoms with Crippen molar-refractivity contribution in [2.45, 2.75) is 19.8 Å². The predicted molar refractivity (Wildman–Crippen MR) is 73.7 cm³/mol. The average molecular weight is 273 g/mol. The fraction of sp³-hybridized carbons (Fsp3) is 0.214. The minimum absolute atomic E-state index is 0.0955. The summed E-state index contributed by atoms with van der Waals surface area (Å²) >= 11 is 0. The number of H-pyrrole nitrogens is 1. The van der Waals surface area contributed by atoms with E-state index in [0.717, 1.165) is 11.3 Å². The standard InChI is InChI=1S/C14H15N3O3/c1-9-8-12(17-16-9)14(20)15-11-5-2-10(3-6-11)4-7-13(18)19/h2-3,5-6,8H,4,7H2,1H3,(H,15,20)(H,16,17)(H,18,19). The van der Waals surface area contributed by atoms with Crippen molar-refractivity contribution in [3.63, 3.8) is 0 Å². The summed E-state index contributed by atoms with van der Waals surface area (Å²) in [6, 6.07) is 8.75. The van der Waals surface area contributed by atoms with E-state index in [4.69, 9.17) is 5.11 Å². The minimum Gasteiger partial charge on any atom is -0.481 e. The lowest BCUT2D eigenvalue weighted by atomic mass is 10.1. The highest BCUT2D eigenvalue weighted by Crippen LogP contribution is 2.12. The van der Waals surface area contributed by atoms with Crippen molar-refractivity contribution in [3.05, 3.63) is 47.3 Å². The summed E-state index contributed by atoms with van der Waals surface area (Å²) in [5.41, 5.74) is 2.72. The molecule has 6 heteroatoms. The zero-order chi connectivity index (χ0) is 14.5. The molecule has 104 valence electrons. The van der Waals surface area contributed by atoms with Gasteiger partial charge in [-0.05, 0) is 37.1 Å². The average Bonchev–Trinajstić information content (AvgIpc) is 2.85. The quantitative estimate of drug-likeness (QED) is 0.776. The van der Waals surface area contributed by atoms with Crippen LogP contribution in [0.5, 0.6) is 0 Å². The van der Waals surface area contributed by atoms with E-state index in [1.165, 1.54) is 0 Å². The summed E-state index contributed by atoms with van der Waals surface area (Å²) in [6.45, 7) is 1.82. The van der Waals surface area contributed by atoms with Crippen LogP contribution >= 0.6 is 0 Å². The number of hydrogen-bond donors (Lipinski definition) is 3. The van der Waals surface area contributed by atoms with Crippen LogP contribution in [0.2, 0.25) is 0 Å². The van der Waals surface area contributed by atoms with Crippen LogP contribution in [0.4, 0.5) is 5.69 Å². The summed E-state index contributed by atoms with van der Waals surface area (Å²) in [4.78, 5) is 22.3. The van der Waals surface area contributed by atoms with E-state index in [9.17, 15) is 9.59 Å². The van der Waals surface area contributed by atoms with Crippen LogP contribution in [0.3, 0.4) is 0 Å². The van der Waals surface area contributed by atoms with E-state index in [1.807, 2.05) is 6.92 Å². The van der Waals surface area contributed by atoms with Gasteiger partial charge in [-0.25, -0.2) is 0 Å². The summed E-state index contributed by atoms with van der Waals surface area (Å²) in [6.07, 6.45) is 0.570. The van der Waals surface area contributed by atoms with Gasteiger partial charge in [-0.3, -0.25) is 14.7 Å². The molecular weight excluding hydrogens is 258 g/mol. The molecule has 0 unspecified atom stereocenters. The molecule has 0 saturated heterocycles. The molecule has 3 N–H and O–H groups in total. The third kappa shape index (κ3) is 3.68. The number of nitrogens with one attached hydrogen (secondary N) is 2. The highest BCUT2D eigenvalue weighted by atomic mass is 16.4. The van der Waals surface area contributed by atoms with Crippen molar-refractivity contribution in [1.29, 1.82) is 0 Å². The largest absolute Gasteiger partial charge is 0.481 e. The number of benzene rings is 1. The van der Waals surface area contributed by atoms with Gasteiger partial charge in [0, 0.05) is 17.8 Å². The van der Waals surface area contributed by atoms with Crippen molar-refractivity contribution in [2.75, 3.05) is 5.32 Å². The van der Waals surface area contributed by atoms with E-state index < -0.39 is 5.97 Å². The molecule has 0 bridgehead atoms. The van der Waals surface area contributed by atoms with Gasteiger partial charge in [0.1, 0.15) is 0 Å². The number of carbonyl (C=O) groups is 2. The monoisotopic (exact) mass is 273 g/mol. The molecule has 0 aliphatic heterocycles. The second kappa shape index (κ2) is 6.01. The first-order chi connectivity index (χ1) is 9.54. The molecular formula is C14H15N3O3. The number of nitrogens with zero attached hydrogens (tertiary/aromatic N) is 1. The van der Waals surface area contributed by atoms with Crippen LogP contribution in [0.25, 0.3) is 0 Å². The number of anilines is 1. The Balaban J connectivity index is 1.96. The van der Waals surface area contributed by atoms with Crippen molar-refractivity contribution in [3.8, 4) is 0 Å². The third-order valence-corrected chi connectivity index (χ3v) is 2.78. The number of carboxylic acid groups (broad SMARTS) is 1. The Labute approximate surface area is 115 Å². The van der Waals surface area contributed by atoms with Crippen LogP contribution < -0.4 is 5.32 Å². The van der Waals surface area contributed by atoms with Gasteiger partial charge in [-0.2, -0.15) is 5.10 Å². The smallest absolute Gasteiger partial charge is 0.303 e. The fourth-order valence-corrected chi connectivity index (χ4v) is 1.74. The number of hydrogen-bond acceptors (Lipinski definition) is 3. The molecule has 0 atom stereocenters. The van der Waals surface area contributed by atoms with E-state index in [0.29, 0.717) is 17.8 Å². The van der Waals surface area contributed by atoms with E-state index >= 15 is 0 Å². The Kier molecular flexibility index (Phi) is 4.14. The number of aliphatic carboxylic acids is 1. The molecule has 2 aromatic rings. The van der Waals surface area contributed by atoms with Crippen LogP contribution in [0.15, 0.2) is 30.3 Å². The lowest BCUT2D eigenvalue weighted by molar-refractivity contribution is -0.136. The van der Waals surface area contributed by atoms with Crippen molar-refractivity contribution in [1.82, 2.24) is 10.2 Å². The summed E-state index contributed by atoms with van der Waals surface area (Å²) < 4.78 is 0. The normalized spacial score (nSPS) is 10.2. The molecule has 0 radical (unpaired) electrons. The van der Waals surface area contributed by atoms with Gasteiger partial charge in [0.15, 0.2) is 5.69 Å². The second-order valence-electron chi connectivity index (χ2n) is 4.48. The van der Waals surface area contributed by atoms with E-state index in [-0.39, 0.29) is 12.3 Å². The van der Waals surface area contributed by atoms with Crippen molar-refractivity contribution < 1.29 is 14.7 Å². The molecule has 0 aliphatic carbocycles. The molecule has 6 nitrogen and oxygen atoms in total. The van der Waals surface area contributed by atoms with Crippen LogP contribution in [-0.2, 0) is 11.2 Å². The summed E-state index contributed by atoms with van der Waals surface area (Å²) in [7, 11) is 0. The van der Waals surface area contributed by atoms with Crippen LogP contribution in [0, 0.1) is 6.92 Å². The van der Waals surface area contributed by atoms with Gasteiger partial charge >= 0.3 is 5.97 Å². The number of aromatic nitrogens is 2. The molecule has 1 amide bonds. The van der Waals surface area contributed by atoms with Crippen molar-refractivity contribution in [2.24, 2.45) is 0 Å². The number of carboxylic acids is 1. The first-order valence-corrected chi connectivity index (χ1v) is 6.18. The second-order valence-corrected chi connectivity index (χ2v) is 4.48. The first-order valence-electron chi connectivity index (χ1n) is 6.18. The van der Waals surface area contributed by atoms with Gasteiger partial charge in [0.05, 0.1) is 0 Å². The highest BCUT2D eigenvalue weighted by Gasteiger charge is 2.09. The number of carbonyl (C=O) groups excluding carboxylic acids is 1. The Morgan fingerprint density at radius 3 is 2.55 bits per heavy atom. The van der Waals surface area contributed by atoms with Crippen molar-refractivity contribution >= 4 is 17.6 Å². The van der Waals surface area contributed by atoms with Crippen LogP contribution in [-0.4, -0.2) is 27.2 Å².